The van der Waals surface area contributed by atoms with Crippen LogP contribution in [0.3, 0.4) is 0 Å². The molecule has 0 radical (unpaired) electrons. The third kappa shape index (κ3) is 4.50. The second kappa shape index (κ2) is 8.09. The first-order valence-electron chi connectivity index (χ1n) is 6.61. The summed E-state index contributed by atoms with van der Waals surface area (Å²) in [5.74, 6) is -2.06. The number of hydrogen-bond donors (Lipinski definition) is 0. The van der Waals surface area contributed by atoms with Crippen molar-refractivity contribution in [2.45, 2.75) is 33.1 Å². The molecule has 1 rings (SSSR count). The molecule has 0 aromatic heterocycles. The molecule has 0 aliphatic carbocycles. The summed E-state index contributed by atoms with van der Waals surface area (Å²) < 4.78 is 9.68. The number of rotatable bonds is 6. The highest BCUT2D eigenvalue weighted by Crippen LogP contribution is 2.12. The van der Waals surface area contributed by atoms with Crippen LogP contribution >= 0.6 is 0 Å². The molecule has 0 amide bonds. The lowest BCUT2D eigenvalue weighted by molar-refractivity contribution is -0.137. The Kier molecular flexibility index (Phi) is 6.43. The molecule has 0 spiro atoms. The maximum absolute atomic E-state index is 11.9. The van der Waals surface area contributed by atoms with Gasteiger partial charge < -0.3 is 9.47 Å². The number of carbonyl (C=O) groups is 3. The van der Waals surface area contributed by atoms with Gasteiger partial charge in [0.05, 0.1) is 17.7 Å². The summed E-state index contributed by atoms with van der Waals surface area (Å²) in [5, 5.41) is 0. The van der Waals surface area contributed by atoms with Gasteiger partial charge in [0.1, 0.15) is 0 Å². The molecular weight excluding hydrogens is 260 g/mol. The number of unbranched alkanes of at least 4 members (excludes halogenated alkanes) is 1. The highest BCUT2D eigenvalue weighted by molar-refractivity contribution is 6.05. The predicted octanol–water partition coefficient (Wildman–Crippen LogP) is 2.74. The Labute approximate surface area is 117 Å². The number of carbonyl (C=O) groups excluding carboxylic acids is 3. The molecule has 108 valence electrons. The van der Waals surface area contributed by atoms with E-state index in [9.17, 15) is 14.4 Å². The van der Waals surface area contributed by atoms with Crippen molar-refractivity contribution in [1.82, 2.24) is 0 Å². The van der Waals surface area contributed by atoms with Crippen LogP contribution in [0, 0.1) is 0 Å². The fourth-order valence-corrected chi connectivity index (χ4v) is 1.46. The largest absolute Gasteiger partial charge is 0.462 e. The zero-order chi connectivity index (χ0) is 15.0. The van der Waals surface area contributed by atoms with Crippen LogP contribution in [0.15, 0.2) is 24.3 Å². The molecule has 0 aliphatic heterocycles. The number of esters is 3. The molecule has 0 aliphatic rings. The topological polar surface area (TPSA) is 69.7 Å². The van der Waals surface area contributed by atoms with Gasteiger partial charge in [-0.05, 0) is 18.6 Å². The van der Waals surface area contributed by atoms with Crippen LogP contribution in [0.5, 0.6) is 0 Å². The highest BCUT2D eigenvalue weighted by Gasteiger charge is 2.20. The van der Waals surface area contributed by atoms with E-state index in [0.29, 0.717) is 6.61 Å². The minimum Gasteiger partial charge on any atom is -0.462 e. The van der Waals surface area contributed by atoms with Gasteiger partial charge in [-0.15, -0.1) is 0 Å². The zero-order valence-corrected chi connectivity index (χ0v) is 11.7. The summed E-state index contributed by atoms with van der Waals surface area (Å²) in [6, 6.07) is 6.12. The fraction of sp³-hybridized carbons (Fsp3) is 0.400. The first kappa shape index (κ1) is 15.9. The molecule has 0 bridgehead atoms. The first-order chi connectivity index (χ1) is 9.60. The van der Waals surface area contributed by atoms with E-state index >= 15 is 0 Å². The molecule has 0 saturated carbocycles. The lowest BCUT2D eigenvalue weighted by atomic mass is 10.1. The summed E-state index contributed by atoms with van der Waals surface area (Å²) in [6.45, 7) is 3.86. The van der Waals surface area contributed by atoms with E-state index in [1.54, 1.807) is 19.1 Å². The number of ether oxygens (including phenoxy) is 2. The van der Waals surface area contributed by atoms with Crippen molar-refractivity contribution in [2.24, 2.45) is 0 Å². The lowest BCUT2D eigenvalue weighted by Crippen LogP contribution is -2.17. The Hall–Kier alpha value is -2.17. The standard InChI is InChI=1S/C15H18O5/c1-3-5-10-19-14(17)11-8-6-7-9-12(11)15(18)20-13(16)4-2/h6-9H,3-5,10H2,1-2H3. The minimum absolute atomic E-state index is 0.0378. The Balaban J connectivity index is 2.84. The van der Waals surface area contributed by atoms with Crippen LogP contribution in [-0.4, -0.2) is 24.5 Å². The second-order valence-electron chi connectivity index (χ2n) is 4.15. The lowest BCUT2D eigenvalue weighted by Gasteiger charge is -2.08. The molecule has 1 aromatic rings. The molecule has 5 heteroatoms. The maximum Gasteiger partial charge on any atom is 0.346 e. The van der Waals surface area contributed by atoms with Crippen molar-refractivity contribution in [3.05, 3.63) is 35.4 Å². The average Bonchev–Trinajstić information content (AvgIpc) is 2.47. The summed E-state index contributed by atoms with van der Waals surface area (Å²) in [6.07, 6.45) is 1.75. The van der Waals surface area contributed by atoms with Crippen LogP contribution in [0.2, 0.25) is 0 Å². The van der Waals surface area contributed by atoms with E-state index < -0.39 is 17.9 Å². The van der Waals surface area contributed by atoms with E-state index in [1.807, 2.05) is 6.92 Å². The van der Waals surface area contributed by atoms with Gasteiger partial charge in [-0.2, -0.15) is 0 Å². The third-order valence-electron chi connectivity index (χ3n) is 2.59. The molecule has 1 aromatic carbocycles. The Morgan fingerprint density at radius 2 is 1.60 bits per heavy atom. The Morgan fingerprint density at radius 3 is 2.15 bits per heavy atom. The van der Waals surface area contributed by atoms with Gasteiger partial charge >= 0.3 is 17.9 Å². The van der Waals surface area contributed by atoms with Crippen molar-refractivity contribution in [2.75, 3.05) is 6.61 Å². The summed E-state index contributed by atoms with van der Waals surface area (Å²) in [5.41, 5.74) is 0.147. The zero-order valence-electron chi connectivity index (χ0n) is 11.7. The molecule has 20 heavy (non-hydrogen) atoms. The van der Waals surface area contributed by atoms with Crippen molar-refractivity contribution in [3.8, 4) is 0 Å². The van der Waals surface area contributed by atoms with Gasteiger partial charge in [-0.1, -0.05) is 32.4 Å². The SMILES string of the molecule is CCCCOC(=O)c1ccccc1C(=O)OC(=O)CC. The average molecular weight is 278 g/mol. The molecule has 0 fully saturated rings. The quantitative estimate of drug-likeness (QED) is 0.454. The fourth-order valence-electron chi connectivity index (χ4n) is 1.46. The van der Waals surface area contributed by atoms with E-state index in [2.05, 4.69) is 4.74 Å². The van der Waals surface area contributed by atoms with Crippen molar-refractivity contribution >= 4 is 17.9 Å². The molecule has 0 heterocycles. The van der Waals surface area contributed by atoms with Crippen LogP contribution in [0.4, 0.5) is 0 Å². The van der Waals surface area contributed by atoms with E-state index in [-0.39, 0.29) is 17.5 Å². The molecule has 0 atom stereocenters. The number of hydrogen-bond acceptors (Lipinski definition) is 5. The monoisotopic (exact) mass is 278 g/mol. The molecule has 0 saturated heterocycles. The first-order valence-corrected chi connectivity index (χ1v) is 6.61. The summed E-state index contributed by atoms with van der Waals surface area (Å²) in [4.78, 5) is 34.8. The van der Waals surface area contributed by atoms with Gasteiger partial charge in [-0.25, -0.2) is 9.59 Å². The highest BCUT2D eigenvalue weighted by atomic mass is 16.6. The third-order valence-corrected chi connectivity index (χ3v) is 2.59. The maximum atomic E-state index is 11.9. The van der Waals surface area contributed by atoms with Gasteiger partial charge in [0.2, 0.25) is 0 Å². The Morgan fingerprint density at radius 1 is 1.00 bits per heavy atom. The van der Waals surface area contributed by atoms with Crippen molar-refractivity contribution in [3.63, 3.8) is 0 Å². The van der Waals surface area contributed by atoms with E-state index in [0.717, 1.165) is 12.8 Å². The second-order valence-corrected chi connectivity index (χ2v) is 4.15. The predicted molar refractivity (Wildman–Crippen MR) is 72.3 cm³/mol. The summed E-state index contributed by atoms with van der Waals surface area (Å²) >= 11 is 0. The van der Waals surface area contributed by atoms with Gasteiger partial charge in [0.15, 0.2) is 0 Å². The van der Waals surface area contributed by atoms with Gasteiger partial charge in [-0.3, -0.25) is 4.79 Å². The van der Waals surface area contributed by atoms with Crippen molar-refractivity contribution in [1.29, 1.82) is 0 Å². The smallest absolute Gasteiger partial charge is 0.346 e. The minimum atomic E-state index is -0.833. The normalized spacial score (nSPS) is 9.90. The molecule has 5 nitrogen and oxygen atoms in total. The van der Waals surface area contributed by atoms with Crippen LogP contribution in [0.1, 0.15) is 53.8 Å². The Bertz CT molecular complexity index is 493. The van der Waals surface area contributed by atoms with Gasteiger partial charge in [0.25, 0.3) is 0 Å². The van der Waals surface area contributed by atoms with Gasteiger partial charge in [0, 0.05) is 6.42 Å². The molecule has 0 unspecified atom stereocenters. The van der Waals surface area contributed by atoms with Crippen LogP contribution in [-0.2, 0) is 14.3 Å². The molecular formula is C15H18O5. The summed E-state index contributed by atoms with van der Waals surface area (Å²) in [7, 11) is 0. The van der Waals surface area contributed by atoms with E-state index in [4.69, 9.17) is 4.74 Å². The number of benzene rings is 1. The van der Waals surface area contributed by atoms with Crippen LogP contribution in [0.25, 0.3) is 0 Å². The molecule has 0 N–H and O–H groups in total. The van der Waals surface area contributed by atoms with E-state index in [1.165, 1.54) is 12.1 Å². The van der Waals surface area contributed by atoms with Crippen molar-refractivity contribution < 1.29 is 23.9 Å². The van der Waals surface area contributed by atoms with Crippen LogP contribution < -0.4 is 0 Å².